The molecule has 0 aliphatic carbocycles. The lowest BCUT2D eigenvalue weighted by atomic mass is 10.0. The molecule has 1 aliphatic heterocycles. The lowest BCUT2D eigenvalue weighted by Gasteiger charge is -2.31. The Morgan fingerprint density at radius 1 is 1.21 bits per heavy atom. The van der Waals surface area contributed by atoms with Crippen molar-refractivity contribution in [3.63, 3.8) is 0 Å². The number of nitrogens with zero attached hydrogens (tertiary/aromatic N) is 1. The predicted octanol–water partition coefficient (Wildman–Crippen LogP) is 1.51. The SMILES string of the molecule is C/C(=N/NC(=O)c1cccs1)[C@H](c1ccccc1)[NH+]1CCOCC1. The third-order valence-electron chi connectivity index (χ3n) is 4.17. The monoisotopic (exact) mass is 344 g/mol. The van der Waals surface area contributed by atoms with Crippen molar-refractivity contribution in [2.24, 2.45) is 5.10 Å². The average Bonchev–Trinajstić information content (AvgIpc) is 3.16. The van der Waals surface area contributed by atoms with Crippen molar-refractivity contribution in [1.82, 2.24) is 5.43 Å². The fourth-order valence-electron chi connectivity index (χ4n) is 3.01. The molecule has 1 atom stereocenters. The van der Waals surface area contributed by atoms with E-state index in [2.05, 4.69) is 22.7 Å². The molecule has 0 spiro atoms. The first kappa shape index (κ1) is 16.8. The lowest BCUT2D eigenvalue weighted by Crippen LogP contribution is -3.15. The van der Waals surface area contributed by atoms with Gasteiger partial charge in [-0.3, -0.25) is 4.79 Å². The summed E-state index contributed by atoms with van der Waals surface area (Å²) in [6.45, 7) is 5.37. The highest BCUT2D eigenvalue weighted by molar-refractivity contribution is 7.12. The molecule has 1 aliphatic rings. The van der Waals surface area contributed by atoms with Crippen molar-refractivity contribution in [2.75, 3.05) is 26.3 Å². The first-order valence-electron chi connectivity index (χ1n) is 8.11. The Labute approximate surface area is 145 Å². The smallest absolute Gasteiger partial charge is 0.281 e. The van der Waals surface area contributed by atoms with Crippen molar-refractivity contribution < 1.29 is 14.4 Å². The van der Waals surface area contributed by atoms with Gasteiger partial charge in [-0.15, -0.1) is 11.3 Å². The number of rotatable bonds is 5. The molecule has 1 aromatic carbocycles. The third kappa shape index (κ3) is 4.08. The molecule has 1 saturated heterocycles. The molecule has 24 heavy (non-hydrogen) atoms. The second-order valence-corrected chi connectivity index (χ2v) is 6.73. The molecule has 0 saturated carbocycles. The van der Waals surface area contributed by atoms with E-state index in [4.69, 9.17) is 4.74 Å². The zero-order chi connectivity index (χ0) is 16.8. The molecule has 126 valence electrons. The quantitative estimate of drug-likeness (QED) is 0.638. The van der Waals surface area contributed by atoms with Crippen LogP contribution in [0.2, 0.25) is 0 Å². The Hall–Kier alpha value is -2.02. The molecular weight excluding hydrogens is 322 g/mol. The van der Waals surface area contributed by atoms with Crippen LogP contribution in [0, 0.1) is 0 Å². The first-order chi connectivity index (χ1) is 11.8. The zero-order valence-electron chi connectivity index (χ0n) is 13.7. The van der Waals surface area contributed by atoms with Gasteiger partial charge in [0.05, 0.1) is 23.8 Å². The Bertz CT molecular complexity index is 680. The summed E-state index contributed by atoms with van der Waals surface area (Å²) in [5, 5.41) is 6.28. The fourth-order valence-corrected chi connectivity index (χ4v) is 3.62. The molecule has 3 rings (SSSR count). The highest BCUT2D eigenvalue weighted by Crippen LogP contribution is 2.12. The summed E-state index contributed by atoms with van der Waals surface area (Å²) >= 11 is 1.41. The minimum Gasteiger partial charge on any atom is -0.370 e. The van der Waals surface area contributed by atoms with Crippen molar-refractivity contribution in [2.45, 2.75) is 13.0 Å². The van der Waals surface area contributed by atoms with Crippen molar-refractivity contribution in [3.8, 4) is 0 Å². The number of carbonyl (C=O) groups excluding carboxylic acids is 1. The molecule has 6 heteroatoms. The van der Waals surface area contributed by atoms with Crippen LogP contribution in [-0.2, 0) is 4.74 Å². The maximum atomic E-state index is 12.1. The van der Waals surface area contributed by atoms with E-state index < -0.39 is 0 Å². The van der Waals surface area contributed by atoms with Gasteiger partial charge in [0.2, 0.25) is 0 Å². The lowest BCUT2D eigenvalue weighted by molar-refractivity contribution is -0.928. The van der Waals surface area contributed by atoms with E-state index in [0.29, 0.717) is 4.88 Å². The third-order valence-corrected chi connectivity index (χ3v) is 5.04. The van der Waals surface area contributed by atoms with Crippen molar-refractivity contribution in [3.05, 3.63) is 58.3 Å². The topological polar surface area (TPSA) is 55.1 Å². The van der Waals surface area contributed by atoms with Gasteiger partial charge in [0, 0.05) is 5.56 Å². The molecule has 5 nitrogen and oxygen atoms in total. The first-order valence-corrected chi connectivity index (χ1v) is 8.99. The highest BCUT2D eigenvalue weighted by Gasteiger charge is 2.29. The number of benzene rings is 1. The molecule has 0 bridgehead atoms. The maximum absolute atomic E-state index is 12.1. The summed E-state index contributed by atoms with van der Waals surface area (Å²) in [5.74, 6) is -0.159. The average molecular weight is 344 g/mol. The Balaban J connectivity index is 1.78. The van der Waals surface area contributed by atoms with Crippen LogP contribution < -0.4 is 10.3 Å². The highest BCUT2D eigenvalue weighted by atomic mass is 32.1. The molecule has 2 N–H and O–H groups in total. The summed E-state index contributed by atoms with van der Waals surface area (Å²) in [7, 11) is 0. The van der Waals surface area contributed by atoms with Crippen LogP contribution in [0.15, 0.2) is 52.9 Å². The largest absolute Gasteiger partial charge is 0.370 e. The number of hydrogen-bond donors (Lipinski definition) is 2. The van der Waals surface area contributed by atoms with Crippen LogP contribution in [0.5, 0.6) is 0 Å². The summed E-state index contributed by atoms with van der Waals surface area (Å²) in [6.07, 6.45) is 0. The number of carbonyl (C=O) groups is 1. The van der Waals surface area contributed by atoms with E-state index in [1.165, 1.54) is 21.8 Å². The molecule has 0 unspecified atom stereocenters. The van der Waals surface area contributed by atoms with E-state index in [9.17, 15) is 4.79 Å². The second kappa shape index (κ2) is 8.19. The van der Waals surface area contributed by atoms with E-state index in [0.717, 1.165) is 32.0 Å². The van der Waals surface area contributed by atoms with Gasteiger partial charge in [0.25, 0.3) is 5.91 Å². The maximum Gasteiger partial charge on any atom is 0.281 e. The fraction of sp³-hybridized carbons (Fsp3) is 0.333. The summed E-state index contributed by atoms with van der Waals surface area (Å²) in [5.41, 5.74) is 4.80. The van der Waals surface area contributed by atoms with Crippen LogP contribution in [0.1, 0.15) is 28.2 Å². The van der Waals surface area contributed by atoms with Crippen LogP contribution in [0.25, 0.3) is 0 Å². The van der Waals surface area contributed by atoms with Gasteiger partial charge >= 0.3 is 0 Å². The van der Waals surface area contributed by atoms with Crippen molar-refractivity contribution >= 4 is 23.0 Å². The number of ether oxygens (including phenoxy) is 1. The van der Waals surface area contributed by atoms with Gasteiger partial charge in [0.15, 0.2) is 6.04 Å². The molecule has 2 aromatic rings. The van der Waals surface area contributed by atoms with E-state index in [1.807, 2.05) is 36.6 Å². The number of hydrazone groups is 1. The minimum absolute atomic E-state index is 0.124. The Kier molecular flexibility index (Phi) is 5.74. The number of quaternary nitrogens is 1. The van der Waals surface area contributed by atoms with Crippen LogP contribution in [0.4, 0.5) is 0 Å². The molecule has 1 amide bonds. The van der Waals surface area contributed by atoms with E-state index >= 15 is 0 Å². The van der Waals surface area contributed by atoms with Crippen LogP contribution in [-0.4, -0.2) is 37.9 Å². The van der Waals surface area contributed by atoms with Gasteiger partial charge in [-0.05, 0) is 18.4 Å². The van der Waals surface area contributed by atoms with Gasteiger partial charge in [-0.1, -0.05) is 36.4 Å². The number of hydrogen-bond acceptors (Lipinski definition) is 4. The second-order valence-electron chi connectivity index (χ2n) is 5.79. The van der Waals surface area contributed by atoms with Gasteiger partial charge in [-0.25, -0.2) is 5.43 Å². The Morgan fingerprint density at radius 3 is 2.62 bits per heavy atom. The number of nitrogens with one attached hydrogen (secondary N) is 2. The standard InChI is InChI=1S/C18H21N3O2S/c1-14(19-20-18(22)16-8-5-13-24-16)17(15-6-3-2-4-7-15)21-9-11-23-12-10-21/h2-8,13,17H,9-12H2,1H3,(H,20,22)/p+1/b19-14-/t17-/m1/s1. The summed E-state index contributed by atoms with van der Waals surface area (Å²) in [6, 6.07) is 14.1. The minimum atomic E-state index is -0.159. The molecule has 2 heterocycles. The Morgan fingerprint density at radius 2 is 1.96 bits per heavy atom. The summed E-state index contributed by atoms with van der Waals surface area (Å²) < 4.78 is 5.48. The van der Waals surface area contributed by atoms with Gasteiger partial charge in [-0.2, -0.15) is 5.10 Å². The van der Waals surface area contributed by atoms with Crippen molar-refractivity contribution in [1.29, 1.82) is 0 Å². The number of amides is 1. The molecule has 1 fully saturated rings. The van der Waals surface area contributed by atoms with E-state index in [-0.39, 0.29) is 11.9 Å². The summed E-state index contributed by atoms with van der Waals surface area (Å²) in [4.78, 5) is 14.2. The van der Waals surface area contributed by atoms with Crippen LogP contribution >= 0.6 is 11.3 Å². The van der Waals surface area contributed by atoms with E-state index in [1.54, 1.807) is 6.07 Å². The molecule has 0 radical (unpaired) electrons. The van der Waals surface area contributed by atoms with Gasteiger partial charge in [0.1, 0.15) is 13.1 Å². The molecule has 1 aromatic heterocycles. The number of morpholine rings is 1. The van der Waals surface area contributed by atoms with Crippen LogP contribution in [0.3, 0.4) is 0 Å². The molecular formula is C18H22N3O2S+. The van der Waals surface area contributed by atoms with Gasteiger partial charge < -0.3 is 9.64 Å². The predicted molar refractivity (Wildman–Crippen MR) is 95.6 cm³/mol. The normalized spacial score (nSPS) is 17.5. The number of thiophene rings is 1. The zero-order valence-corrected chi connectivity index (χ0v) is 14.5.